The zero-order valence-corrected chi connectivity index (χ0v) is 11.1. The third kappa shape index (κ3) is 3.50. The first-order chi connectivity index (χ1) is 8.07. The van der Waals surface area contributed by atoms with Crippen LogP contribution in [0, 0.1) is 0 Å². The van der Waals surface area contributed by atoms with Crippen molar-refractivity contribution in [3.63, 3.8) is 0 Å². The van der Waals surface area contributed by atoms with Gasteiger partial charge in [0.25, 0.3) is 0 Å². The van der Waals surface area contributed by atoms with Gasteiger partial charge in [-0.05, 0) is 13.8 Å². The number of methoxy groups -OCH3 is 1. The largest absolute Gasteiger partial charge is 0.467 e. The van der Waals surface area contributed by atoms with E-state index in [2.05, 4.69) is 10.2 Å². The standard InChI is InChI=1S/C9H18NO6P/c1-4-14-17(12,15-5-2)8-6-7(16-10-8)9(11)13-3/h7-8,10H,4-6H2,1-3H3/t7-,8+/m0/s1. The Morgan fingerprint density at radius 2 is 2.00 bits per heavy atom. The maximum absolute atomic E-state index is 12.3. The van der Waals surface area contributed by atoms with Crippen molar-refractivity contribution in [1.82, 2.24) is 5.48 Å². The van der Waals surface area contributed by atoms with Crippen LogP contribution in [-0.4, -0.2) is 38.2 Å². The Kier molecular flexibility index (Phi) is 5.55. The van der Waals surface area contributed by atoms with Crippen LogP contribution in [-0.2, 0) is 28.0 Å². The Hall–Kier alpha value is -0.460. The molecule has 7 nitrogen and oxygen atoms in total. The van der Waals surface area contributed by atoms with E-state index in [0.717, 1.165) is 0 Å². The summed E-state index contributed by atoms with van der Waals surface area (Å²) in [7, 11) is -2.03. The smallest absolute Gasteiger partial charge is 0.349 e. The van der Waals surface area contributed by atoms with Crippen LogP contribution in [0.15, 0.2) is 0 Å². The molecule has 0 radical (unpaired) electrons. The van der Waals surface area contributed by atoms with Gasteiger partial charge in [0.05, 0.1) is 20.3 Å². The highest BCUT2D eigenvalue weighted by Gasteiger charge is 2.44. The van der Waals surface area contributed by atoms with Crippen molar-refractivity contribution in [3.8, 4) is 0 Å². The van der Waals surface area contributed by atoms with Crippen LogP contribution < -0.4 is 5.48 Å². The van der Waals surface area contributed by atoms with Crippen molar-refractivity contribution in [1.29, 1.82) is 0 Å². The predicted octanol–water partition coefficient (Wildman–Crippen LogP) is 1.05. The molecule has 1 aliphatic heterocycles. The molecular weight excluding hydrogens is 249 g/mol. The van der Waals surface area contributed by atoms with E-state index in [-0.39, 0.29) is 19.6 Å². The average molecular weight is 267 g/mol. The summed E-state index contributed by atoms with van der Waals surface area (Å²) in [6.45, 7) is 3.97. The normalized spacial score (nSPS) is 24.9. The number of hydroxylamine groups is 1. The van der Waals surface area contributed by atoms with Crippen LogP contribution in [0.1, 0.15) is 20.3 Å². The van der Waals surface area contributed by atoms with E-state index in [4.69, 9.17) is 13.9 Å². The highest BCUT2D eigenvalue weighted by atomic mass is 31.2. The molecule has 0 amide bonds. The molecule has 100 valence electrons. The number of esters is 1. The van der Waals surface area contributed by atoms with E-state index < -0.39 is 25.5 Å². The van der Waals surface area contributed by atoms with Crippen LogP contribution in [0.3, 0.4) is 0 Å². The Morgan fingerprint density at radius 3 is 2.47 bits per heavy atom. The Labute approximate surface area is 100 Å². The van der Waals surface area contributed by atoms with Crippen molar-refractivity contribution in [2.24, 2.45) is 0 Å². The Bertz CT molecular complexity index is 300. The lowest BCUT2D eigenvalue weighted by molar-refractivity contribution is -0.154. The molecule has 0 aliphatic carbocycles. The van der Waals surface area contributed by atoms with Crippen LogP contribution in [0.4, 0.5) is 0 Å². The molecule has 2 atom stereocenters. The molecule has 1 rings (SSSR count). The van der Waals surface area contributed by atoms with Gasteiger partial charge < -0.3 is 13.8 Å². The van der Waals surface area contributed by atoms with Crippen LogP contribution >= 0.6 is 7.60 Å². The molecule has 1 fully saturated rings. The Balaban J connectivity index is 2.66. The minimum absolute atomic E-state index is 0.198. The van der Waals surface area contributed by atoms with Crippen molar-refractivity contribution in [3.05, 3.63) is 0 Å². The van der Waals surface area contributed by atoms with Crippen LogP contribution in [0.2, 0.25) is 0 Å². The van der Waals surface area contributed by atoms with Gasteiger partial charge in [-0.2, -0.15) is 5.48 Å². The van der Waals surface area contributed by atoms with E-state index in [0.29, 0.717) is 0 Å². The van der Waals surface area contributed by atoms with Gasteiger partial charge in [-0.25, -0.2) is 4.79 Å². The van der Waals surface area contributed by atoms with Gasteiger partial charge in [0.1, 0.15) is 5.78 Å². The maximum Gasteiger partial charge on any atom is 0.349 e. The third-order valence-electron chi connectivity index (χ3n) is 2.25. The molecule has 0 saturated carbocycles. The minimum Gasteiger partial charge on any atom is -0.467 e. The second kappa shape index (κ2) is 6.47. The molecular formula is C9H18NO6P. The maximum atomic E-state index is 12.3. The van der Waals surface area contributed by atoms with Gasteiger partial charge in [-0.15, -0.1) is 0 Å². The van der Waals surface area contributed by atoms with Gasteiger partial charge in [0.2, 0.25) is 0 Å². The summed E-state index contributed by atoms with van der Waals surface area (Å²) in [6.07, 6.45) is -0.580. The predicted molar refractivity (Wildman–Crippen MR) is 59.3 cm³/mol. The first kappa shape index (κ1) is 14.6. The summed E-state index contributed by atoms with van der Waals surface area (Å²) in [6, 6.07) is 0. The quantitative estimate of drug-likeness (QED) is 0.568. The third-order valence-corrected chi connectivity index (χ3v) is 4.56. The molecule has 1 heterocycles. The molecule has 8 heteroatoms. The molecule has 0 aromatic carbocycles. The lowest BCUT2D eigenvalue weighted by Crippen LogP contribution is -2.23. The summed E-state index contributed by atoms with van der Waals surface area (Å²) in [5, 5.41) is 0. The van der Waals surface area contributed by atoms with Gasteiger partial charge in [0, 0.05) is 6.42 Å². The van der Waals surface area contributed by atoms with Crippen LogP contribution in [0.5, 0.6) is 0 Å². The number of carbonyl (C=O) groups is 1. The topological polar surface area (TPSA) is 83.1 Å². The first-order valence-corrected chi connectivity index (χ1v) is 7.06. The highest BCUT2D eigenvalue weighted by molar-refractivity contribution is 7.54. The molecule has 1 saturated heterocycles. The fraction of sp³-hybridized carbons (Fsp3) is 0.889. The van der Waals surface area contributed by atoms with Crippen molar-refractivity contribution in [2.45, 2.75) is 32.2 Å². The second-order valence-corrected chi connectivity index (χ2v) is 5.59. The number of hydrogen-bond donors (Lipinski definition) is 1. The summed E-state index contributed by atoms with van der Waals surface area (Å²) in [5.41, 5.74) is 2.52. The van der Waals surface area contributed by atoms with Gasteiger partial charge in [-0.3, -0.25) is 9.40 Å². The zero-order valence-electron chi connectivity index (χ0n) is 10.2. The molecule has 17 heavy (non-hydrogen) atoms. The molecule has 0 aromatic rings. The minimum atomic E-state index is -3.30. The summed E-state index contributed by atoms with van der Waals surface area (Å²) < 4.78 is 27.2. The SMILES string of the molecule is CCOP(=O)(OCC)[C@@H]1C[C@@H](C(=O)OC)ON1. The van der Waals surface area contributed by atoms with Crippen molar-refractivity contribution >= 4 is 13.6 Å². The molecule has 0 bridgehead atoms. The fourth-order valence-corrected chi connectivity index (χ4v) is 3.30. The molecule has 0 spiro atoms. The molecule has 1 aliphatic rings. The van der Waals surface area contributed by atoms with Crippen molar-refractivity contribution in [2.75, 3.05) is 20.3 Å². The monoisotopic (exact) mass is 267 g/mol. The molecule has 1 N–H and O–H groups in total. The van der Waals surface area contributed by atoms with E-state index in [1.54, 1.807) is 13.8 Å². The van der Waals surface area contributed by atoms with E-state index >= 15 is 0 Å². The molecule has 0 unspecified atom stereocenters. The second-order valence-electron chi connectivity index (χ2n) is 3.37. The summed E-state index contributed by atoms with van der Waals surface area (Å²) in [4.78, 5) is 16.2. The first-order valence-electron chi connectivity index (χ1n) is 5.45. The number of carbonyl (C=O) groups excluding carboxylic acids is 1. The molecule has 0 aromatic heterocycles. The van der Waals surface area contributed by atoms with Gasteiger partial charge >= 0.3 is 13.6 Å². The van der Waals surface area contributed by atoms with E-state index in [9.17, 15) is 9.36 Å². The fourth-order valence-electron chi connectivity index (χ4n) is 1.51. The Morgan fingerprint density at radius 1 is 1.41 bits per heavy atom. The highest BCUT2D eigenvalue weighted by Crippen LogP contribution is 2.54. The lowest BCUT2D eigenvalue weighted by atomic mass is 10.3. The van der Waals surface area contributed by atoms with Gasteiger partial charge in [0.15, 0.2) is 6.10 Å². The number of rotatable bonds is 6. The van der Waals surface area contributed by atoms with E-state index in [1.165, 1.54) is 7.11 Å². The number of ether oxygens (including phenoxy) is 1. The van der Waals surface area contributed by atoms with Gasteiger partial charge in [-0.1, -0.05) is 0 Å². The summed E-state index contributed by atoms with van der Waals surface area (Å²) >= 11 is 0. The number of hydrogen-bond acceptors (Lipinski definition) is 7. The summed E-state index contributed by atoms with van der Waals surface area (Å²) in [5.74, 6) is -1.16. The lowest BCUT2D eigenvalue weighted by Gasteiger charge is -2.21. The van der Waals surface area contributed by atoms with E-state index in [1.807, 2.05) is 0 Å². The number of nitrogens with one attached hydrogen (secondary N) is 1. The average Bonchev–Trinajstić information content (AvgIpc) is 2.78. The van der Waals surface area contributed by atoms with Crippen molar-refractivity contribution < 1.29 is 28.0 Å². The zero-order chi connectivity index (χ0) is 12.9. The van der Waals surface area contributed by atoms with Crippen LogP contribution in [0.25, 0.3) is 0 Å².